The van der Waals surface area contributed by atoms with Gasteiger partial charge in [0.05, 0.1) is 13.2 Å². The fourth-order valence-corrected chi connectivity index (χ4v) is 3.23. The first-order chi connectivity index (χ1) is 14.3. The average Bonchev–Trinajstić information content (AvgIpc) is 3.02. The van der Waals surface area contributed by atoms with Gasteiger partial charge < -0.3 is 19.5 Å². The van der Waals surface area contributed by atoms with Crippen molar-refractivity contribution in [2.45, 2.75) is 32.5 Å². The number of hydrogen-bond acceptors (Lipinski definition) is 5. The Kier molecular flexibility index (Phi) is 6.27. The summed E-state index contributed by atoms with van der Waals surface area (Å²) >= 11 is 0. The predicted molar refractivity (Wildman–Crippen MR) is 112 cm³/mol. The molecule has 150 valence electrons. The molecule has 2 aromatic carbocycles. The number of rotatable bonds is 7. The summed E-state index contributed by atoms with van der Waals surface area (Å²) in [7, 11) is 0. The van der Waals surface area contributed by atoms with E-state index in [2.05, 4.69) is 41.5 Å². The second-order valence-electron chi connectivity index (χ2n) is 7.16. The highest BCUT2D eigenvalue weighted by atomic mass is 16.5. The molecular formula is C24H26N2O3. The molecule has 1 aromatic heterocycles. The first kappa shape index (κ1) is 19.3. The van der Waals surface area contributed by atoms with E-state index in [1.54, 1.807) is 6.20 Å². The number of pyridine rings is 1. The fraction of sp³-hybridized carbons (Fsp3) is 0.292. The Bertz CT molecular complexity index is 930. The first-order valence-corrected chi connectivity index (χ1v) is 10.0. The molecule has 1 N–H and O–H groups in total. The molecule has 0 bridgehead atoms. The second kappa shape index (κ2) is 9.43. The molecule has 2 heterocycles. The maximum Gasteiger partial charge on any atom is 0.161 e. The van der Waals surface area contributed by atoms with Crippen molar-refractivity contribution < 1.29 is 14.2 Å². The van der Waals surface area contributed by atoms with Crippen LogP contribution in [-0.2, 0) is 13.2 Å². The zero-order chi connectivity index (χ0) is 19.9. The highest BCUT2D eigenvalue weighted by Gasteiger charge is 2.13. The number of aromatic nitrogens is 1. The summed E-state index contributed by atoms with van der Waals surface area (Å²) in [5.41, 5.74) is 3.41. The van der Waals surface area contributed by atoms with Crippen molar-refractivity contribution in [2.75, 3.05) is 13.2 Å². The summed E-state index contributed by atoms with van der Waals surface area (Å²) in [5.74, 6) is 2.52. The van der Waals surface area contributed by atoms with Crippen molar-refractivity contribution in [3.05, 3.63) is 83.7 Å². The molecule has 4 rings (SSSR count). The minimum absolute atomic E-state index is 0.187. The summed E-state index contributed by atoms with van der Waals surface area (Å²) in [6, 6.07) is 18.5. The highest BCUT2D eigenvalue weighted by molar-refractivity contribution is 5.44. The van der Waals surface area contributed by atoms with E-state index in [0.29, 0.717) is 19.8 Å². The lowest BCUT2D eigenvalue weighted by Crippen LogP contribution is -2.18. The zero-order valence-electron chi connectivity index (χ0n) is 16.6. The molecule has 1 aliphatic rings. The van der Waals surface area contributed by atoms with Gasteiger partial charge >= 0.3 is 0 Å². The smallest absolute Gasteiger partial charge is 0.161 e. The Morgan fingerprint density at radius 3 is 2.72 bits per heavy atom. The predicted octanol–water partition coefficient (Wildman–Crippen LogP) is 4.67. The second-order valence-corrected chi connectivity index (χ2v) is 7.16. The van der Waals surface area contributed by atoms with Gasteiger partial charge in [-0.2, -0.15) is 0 Å². The molecule has 0 fully saturated rings. The molecule has 1 aliphatic heterocycles. The summed E-state index contributed by atoms with van der Waals surface area (Å²) in [6.07, 6.45) is 4.50. The topological polar surface area (TPSA) is 52.6 Å². The van der Waals surface area contributed by atoms with Gasteiger partial charge in [0.15, 0.2) is 11.5 Å². The van der Waals surface area contributed by atoms with Gasteiger partial charge in [-0.15, -0.1) is 0 Å². The van der Waals surface area contributed by atoms with E-state index in [4.69, 9.17) is 14.2 Å². The van der Waals surface area contributed by atoms with E-state index in [1.165, 1.54) is 11.1 Å². The van der Waals surface area contributed by atoms with Crippen molar-refractivity contribution in [3.63, 3.8) is 0 Å². The van der Waals surface area contributed by atoms with Crippen LogP contribution in [0.15, 0.2) is 67.0 Å². The maximum absolute atomic E-state index is 5.90. The van der Waals surface area contributed by atoms with Crippen LogP contribution >= 0.6 is 0 Å². The number of fused-ring (bicyclic) bond motifs is 1. The molecule has 29 heavy (non-hydrogen) atoms. The molecule has 5 heteroatoms. The third kappa shape index (κ3) is 5.27. The summed E-state index contributed by atoms with van der Waals surface area (Å²) in [5, 5.41) is 3.58. The normalized spacial score (nSPS) is 14.1. The van der Waals surface area contributed by atoms with Crippen LogP contribution in [0.4, 0.5) is 0 Å². The molecule has 0 saturated carbocycles. The van der Waals surface area contributed by atoms with Gasteiger partial charge in [0.25, 0.3) is 0 Å². The molecular weight excluding hydrogens is 364 g/mol. The molecule has 1 atom stereocenters. The van der Waals surface area contributed by atoms with Crippen molar-refractivity contribution in [1.29, 1.82) is 0 Å². The third-order valence-electron chi connectivity index (χ3n) is 4.91. The van der Waals surface area contributed by atoms with Crippen LogP contribution in [0.3, 0.4) is 0 Å². The SMILES string of the molecule is CC(NCc1cccc(OCc2cccnc2)c1)c1ccc2c(c1)OCCCO2. The van der Waals surface area contributed by atoms with Crippen molar-refractivity contribution in [2.24, 2.45) is 0 Å². The van der Waals surface area contributed by atoms with Crippen LogP contribution in [0, 0.1) is 0 Å². The molecule has 3 aromatic rings. The Morgan fingerprint density at radius 2 is 1.86 bits per heavy atom. The molecule has 1 unspecified atom stereocenters. The lowest BCUT2D eigenvalue weighted by atomic mass is 10.1. The minimum atomic E-state index is 0.187. The Labute approximate surface area is 171 Å². The third-order valence-corrected chi connectivity index (χ3v) is 4.91. The molecule has 0 spiro atoms. The van der Waals surface area contributed by atoms with E-state index < -0.39 is 0 Å². The van der Waals surface area contributed by atoms with E-state index >= 15 is 0 Å². The van der Waals surface area contributed by atoms with Gasteiger partial charge in [0, 0.05) is 37.0 Å². The van der Waals surface area contributed by atoms with Crippen LogP contribution in [0.25, 0.3) is 0 Å². The summed E-state index contributed by atoms with van der Waals surface area (Å²) < 4.78 is 17.4. The number of benzene rings is 2. The average molecular weight is 390 g/mol. The zero-order valence-corrected chi connectivity index (χ0v) is 16.6. The van der Waals surface area contributed by atoms with Gasteiger partial charge in [-0.05, 0) is 48.4 Å². The Balaban J connectivity index is 1.34. The van der Waals surface area contributed by atoms with Crippen molar-refractivity contribution in [3.8, 4) is 17.2 Å². The molecule has 0 radical (unpaired) electrons. The lowest BCUT2D eigenvalue weighted by molar-refractivity contribution is 0.297. The standard InChI is InChI=1S/C24H26N2O3/c1-18(21-8-9-23-24(14-21)28-12-4-11-27-23)26-16-19-5-2-7-22(13-19)29-17-20-6-3-10-25-15-20/h2-3,5-10,13-15,18,26H,4,11-12,16-17H2,1H3. The quantitative estimate of drug-likeness (QED) is 0.635. The van der Waals surface area contributed by atoms with Crippen LogP contribution < -0.4 is 19.5 Å². The number of nitrogens with one attached hydrogen (secondary N) is 1. The van der Waals surface area contributed by atoms with E-state index in [0.717, 1.165) is 35.8 Å². The molecule has 5 nitrogen and oxygen atoms in total. The summed E-state index contributed by atoms with van der Waals surface area (Å²) in [6.45, 7) is 4.82. The van der Waals surface area contributed by atoms with Gasteiger partial charge in [-0.3, -0.25) is 4.98 Å². The molecule has 0 saturated heterocycles. The number of hydrogen-bond donors (Lipinski definition) is 1. The molecule has 0 aliphatic carbocycles. The Morgan fingerprint density at radius 1 is 1.00 bits per heavy atom. The number of nitrogens with zero attached hydrogens (tertiary/aromatic N) is 1. The summed E-state index contributed by atoms with van der Waals surface area (Å²) in [4.78, 5) is 4.12. The monoisotopic (exact) mass is 390 g/mol. The van der Waals surface area contributed by atoms with Crippen molar-refractivity contribution >= 4 is 0 Å². The first-order valence-electron chi connectivity index (χ1n) is 10.0. The lowest BCUT2D eigenvalue weighted by Gasteiger charge is -2.17. The van der Waals surface area contributed by atoms with Gasteiger partial charge in [0.1, 0.15) is 12.4 Å². The van der Waals surface area contributed by atoms with Gasteiger partial charge in [-0.1, -0.05) is 24.3 Å². The van der Waals surface area contributed by atoms with Gasteiger partial charge in [-0.25, -0.2) is 0 Å². The largest absolute Gasteiger partial charge is 0.490 e. The van der Waals surface area contributed by atoms with Gasteiger partial charge in [0.2, 0.25) is 0 Å². The number of ether oxygens (including phenoxy) is 3. The Hall–Kier alpha value is -3.05. The van der Waals surface area contributed by atoms with Crippen LogP contribution in [0.1, 0.15) is 36.1 Å². The highest BCUT2D eigenvalue weighted by Crippen LogP contribution is 2.32. The van der Waals surface area contributed by atoms with E-state index in [-0.39, 0.29) is 6.04 Å². The van der Waals surface area contributed by atoms with Crippen LogP contribution in [0.5, 0.6) is 17.2 Å². The van der Waals surface area contributed by atoms with Crippen molar-refractivity contribution in [1.82, 2.24) is 10.3 Å². The van der Waals surface area contributed by atoms with E-state index in [1.807, 2.05) is 36.5 Å². The molecule has 0 amide bonds. The van der Waals surface area contributed by atoms with Crippen LogP contribution in [-0.4, -0.2) is 18.2 Å². The van der Waals surface area contributed by atoms with E-state index in [9.17, 15) is 0 Å². The van der Waals surface area contributed by atoms with Crippen LogP contribution in [0.2, 0.25) is 0 Å². The minimum Gasteiger partial charge on any atom is -0.490 e. The fourth-order valence-electron chi connectivity index (χ4n) is 3.23. The maximum atomic E-state index is 5.90.